The Bertz CT molecular complexity index is 751. The number of H-pyrrole nitrogens is 1. The van der Waals surface area contributed by atoms with Crippen LogP contribution in [0.1, 0.15) is 5.56 Å². The molecule has 4 heteroatoms. The van der Waals surface area contributed by atoms with Crippen LogP contribution in [0.25, 0.3) is 10.8 Å². The van der Waals surface area contributed by atoms with Crippen LogP contribution in [0.4, 0.5) is 5.82 Å². The maximum absolute atomic E-state index is 3.55. The number of pyridine rings is 1. The summed E-state index contributed by atoms with van der Waals surface area (Å²) in [6, 6.07) is 16.9. The van der Waals surface area contributed by atoms with E-state index in [1.54, 1.807) is 0 Å². The van der Waals surface area contributed by atoms with Gasteiger partial charge >= 0.3 is 0 Å². The Balaban J connectivity index is 1.87. The third-order valence-corrected chi connectivity index (χ3v) is 4.28. The Labute approximate surface area is 134 Å². The minimum atomic E-state index is 0.776. The minimum absolute atomic E-state index is 0.776. The molecule has 0 saturated heterocycles. The molecule has 3 rings (SSSR count). The average molecular weight is 393 g/mol. The molecule has 3 aromatic rings. The summed E-state index contributed by atoms with van der Waals surface area (Å²) in [4.78, 5) is 3.22. The van der Waals surface area contributed by atoms with Gasteiger partial charge in [0.2, 0.25) is 0 Å². The topological polar surface area (TPSA) is 26.2 Å². The SMILES string of the molecule is Brc1c[nH+]c(NCc2cccc3ccccc23)c(Br)c1. The number of hydrogen-bond acceptors (Lipinski definition) is 1. The van der Waals surface area contributed by atoms with Crippen molar-refractivity contribution in [3.8, 4) is 0 Å². The Morgan fingerprint density at radius 1 is 1.00 bits per heavy atom. The molecule has 0 atom stereocenters. The van der Waals surface area contributed by atoms with Crippen LogP contribution in [-0.4, -0.2) is 0 Å². The molecule has 0 saturated carbocycles. The van der Waals surface area contributed by atoms with E-state index in [1.807, 2.05) is 12.3 Å². The first kappa shape index (κ1) is 13.6. The van der Waals surface area contributed by atoms with Crippen LogP contribution in [0.5, 0.6) is 0 Å². The molecule has 0 aliphatic heterocycles. The second kappa shape index (κ2) is 5.94. The predicted molar refractivity (Wildman–Crippen MR) is 89.7 cm³/mol. The highest BCUT2D eigenvalue weighted by Crippen LogP contribution is 2.23. The van der Waals surface area contributed by atoms with Gasteiger partial charge in [-0.25, -0.2) is 4.98 Å². The highest BCUT2D eigenvalue weighted by atomic mass is 79.9. The third kappa shape index (κ3) is 2.86. The van der Waals surface area contributed by atoms with Crippen LogP contribution in [0.2, 0.25) is 0 Å². The number of benzene rings is 2. The molecule has 1 aromatic heterocycles. The van der Waals surface area contributed by atoms with Gasteiger partial charge in [0.25, 0.3) is 5.82 Å². The second-order valence-corrected chi connectivity index (χ2v) is 6.30. The number of hydrogen-bond donors (Lipinski definition) is 1. The first-order valence-electron chi connectivity index (χ1n) is 6.31. The lowest BCUT2D eigenvalue weighted by Gasteiger charge is -2.05. The van der Waals surface area contributed by atoms with Gasteiger partial charge in [0.15, 0.2) is 0 Å². The molecule has 0 amide bonds. The van der Waals surface area contributed by atoms with Crippen molar-refractivity contribution in [3.63, 3.8) is 0 Å². The van der Waals surface area contributed by atoms with Gasteiger partial charge in [0.1, 0.15) is 17.2 Å². The van der Waals surface area contributed by atoms with Crippen LogP contribution in [0.15, 0.2) is 63.7 Å². The highest BCUT2D eigenvalue weighted by Gasteiger charge is 2.09. The molecule has 2 aromatic carbocycles. The number of halogens is 2. The number of anilines is 1. The first-order valence-corrected chi connectivity index (χ1v) is 7.90. The van der Waals surface area contributed by atoms with Gasteiger partial charge < -0.3 is 0 Å². The van der Waals surface area contributed by atoms with Crippen molar-refractivity contribution in [2.24, 2.45) is 0 Å². The number of aromatic amines is 1. The summed E-state index contributed by atoms with van der Waals surface area (Å²) >= 11 is 6.98. The van der Waals surface area contributed by atoms with E-state index in [2.05, 4.69) is 84.6 Å². The molecule has 2 nitrogen and oxygen atoms in total. The van der Waals surface area contributed by atoms with E-state index in [0.717, 1.165) is 21.3 Å². The van der Waals surface area contributed by atoms with Gasteiger partial charge in [-0.1, -0.05) is 42.5 Å². The molecule has 0 aliphatic rings. The molecule has 0 spiro atoms. The van der Waals surface area contributed by atoms with Crippen molar-refractivity contribution in [2.45, 2.75) is 6.54 Å². The number of fused-ring (bicyclic) bond motifs is 1. The fourth-order valence-corrected chi connectivity index (χ4v) is 3.36. The Morgan fingerprint density at radius 3 is 2.65 bits per heavy atom. The van der Waals surface area contributed by atoms with Crippen LogP contribution < -0.4 is 10.3 Å². The highest BCUT2D eigenvalue weighted by molar-refractivity contribution is 9.11. The molecule has 100 valence electrons. The summed E-state index contributed by atoms with van der Waals surface area (Å²) in [6.07, 6.45) is 1.91. The zero-order valence-corrected chi connectivity index (χ0v) is 13.8. The maximum atomic E-state index is 3.55. The van der Waals surface area contributed by atoms with Gasteiger partial charge in [-0.05, 0) is 48.7 Å². The van der Waals surface area contributed by atoms with Crippen LogP contribution >= 0.6 is 31.9 Å². The largest absolute Gasteiger partial charge is 0.287 e. The molecule has 0 bridgehead atoms. The lowest BCUT2D eigenvalue weighted by molar-refractivity contribution is -0.362. The molecular formula is C16H13Br2N2+. The fourth-order valence-electron chi connectivity index (χ4n) is 2.21. The predicted octanol–water partition coefficient (Wildman–Crippen LogP) is 4.79. The average Bonchev–Trinajstić information content (AvgIpc) is 2.46. The van der Waals surface area contributed by atoms with Crippen LogP contribution in [-0.2, 0) is 6.54 Å². The summed E-state index contributed by atoms with van der Waals surface area (Å²) in [5, 5.41) is 5.98. The van der Waals surface area contributed by atoms with Crippen molar-refractivity contribution >= 4 is 48.5 Å². The van der Waals surface area contributed by atoms with Crippen LogP contribution in [0.3, 0.4) is 0 Å². The standard InChI is InChI=1S/C16H12Br2N2/c17-13-8-15(18)16(20-10-13)19-9-12-6-3-5-11-4-1-2-7-14(11)12/h1-8,10H,9H2,(H,19,20)/p+1. The molecular weight excluding hydrogens is 380 g/mol. The second-order valence-electron chi connectivity index (χ2n) is 4.53. The zero-order chi connectivity index (χ0) is 13.9. The lowest BCUT2D eigenvalue weighted by atomic mass is 10.0. The Hall–Kier alpha value is -1.39. The van der Waals surface area contributed by atoms with E-state index >= 15 is 0 Å². The van der Waals surface area contributed by atoms with E-state index in [9.17, 15) is 0 Å². The third-order valence-electron chi connectivity index (χ3n) is 3.19. The lowest BCUT2D eigenvalue weighted by Crippen LogP contribution is -2.13. The summed E-state index contributed by atoms with van der Waals surface area (Å²) in [6.45, 7) is 0.776. The molecule has 0 unspecified atom stereocenters. The van der Waals surface area contributed by atoms with E-state index in [-0.39, 0.29) is 0 Å². The van der Waals surface area contributed by atoms with Gasteiger partial charge in [-0.15, -0.1) is 0 Å². The molecule has 0 radical (unpaired) electrons. The Morgan fingerprint density at radius 2 is 1.80 bits per heavy atom. The summed E-state index contributed by atoms with van der Waals surface area (Å²) in [5.41, 5.74) is 1.28. The van der Waals surface area contributed by atoms with Gasteiger partial charge in [0, 0.05) is 5.56 Å². The normalized spacial score (nSPS) is 10.7. The number of rotatable bonds is 3. The van der Waals surface area contributed by atoms with Gasteiger partial charge in [-0.3, -0.25) is 5.32 Å². The first-order chi connectivity index (χ1) is 9.74. The van der Waals surface area contributed by atoms with E-state index in [1.165, 1.54) is 16.3 Å². The van der Waals surface area contributed by atoms with Gasteiger partial charge in [-0.2, -0.15) is 0 Å². The summed E-state index contributed by atoms with van der Waals surface area (Å²) in [5.74, 6) is 0.973. The van der Waals surface area contributed by atoms with Crippen molar-refractivity contribution in [1.82, 2.24) is 0 Å². The van der Waals surface area contributed by atoms with E-state index in [4.69, 9.17) is 0 Å². The molecule has 0 aliphatic carbocycles. The fraction of sp³-hybridized carbons (Fsp3) is 0.0625. The Kier molecular flexibility index (Phi) is 4.03. The van der Waals surface area contributed by atoms with Crippen molar-refractivity contribution < 1.29 is 4.98 Å². The number of aromatic nitrogens is 1. The molecule has 0 fully saturated rings. The van der Waals surface area contributed by atoms with E-state index < -0.39 is 0 Å². The molecule has 20 heavy (non-hydrogen) atoms. The van der Waals surface area contributed by atoms with E-state index in [0.29, 0.717) is 0 Å². The van der Waals surface area contributed by atoms with Crippen molar-refractivity contribution in [1.29, 1.82) is 0 Å². The molecule has 1 heterocycles. The maximum Gasteiger partial charge on any atom is 0.287 e. The smallest absolute Gasteiger partial charge is 0.269 e. The zero-order valence-electron chi connectivity index (χ0n) is 10.7. The quantitative estimate of drug-likeness (QED) is 0.681. The van der Waals surface area contributed by atoms with Gasteiger partial charge in [0.05, 0.1) is 4.47 Å². The monoisotopic (exact) mass is 391 g/mol. The summed E-state index contributed by atoms with van der Waals surface area (Å²) < 4.78 is 2.02. The minimum Gasteiger partial charge on any atom is -0.269 e. The molecule has 2 N–H and O–H groups in total. The van der Waals surface area contributed by atoms with Crippen LogP contribution in [0, 0.1) is 0 Å². The van der Waals surface area contributed by atoms with Crippen molar-refractivity contribution in [3.05, 3.63) is 69.2 Å². The van der Waals surface area contributed by atoms with Crippen molar-refractivity contribution in [2.75, 3.05) is 5.32 Å². The summed E-state index contributed by atoms with van der Waals surface area (Å²) in [7, 11) is 0. The number of nitrogens with one attached hydrogen (secondary N) is 2.